The summed E-state index contributed by atoms with van der Waals surface area (Å²) in [5.41, 5.74) is 0.349. The van der Waals surface area contributed by atoms with Gasteiger partial charge in [-0.2, -0.15) is 0 Å². The van der Waals surface area contributed by atoms with Crippen molar-refractivity contribution in [2.24, 2.45) is 17.8 Å². The van der Waals surface area contributed by atoms with Crippen LogP contribution in [-0.2, 0) is 24.7 Å². The Hall–Kier alpha value is -2.96. The van der Waals surface area contributed by atoms with E-state index in [1.54, 1.807) is 6.08 Å². The first kappa shape index (κ1) is 23.8. The number of hydrogen-bond acceptors (Lipinski definition) is 5. The standard InChI is InChI=1S/C29H33NO5/c1-19-13-15-22-26(19)27(34-25(33)16-14-20-9-5-3-6-10-20)29(21-11-7-4-8-12-21)17-23(28(22,2)35-29)30-24(32)18-31/h3-12,14,16,19,22-23,26-27,31H,13,15,17-18H2,1-2H3,(H,30,32)/b16-14+. The van der Waals surface area contributed by atoms with Crippen LogP contribution >= 0.6 is 0 Å². The third-order valence-electron chi connectivity index (χ3n) is 8.40. The minimum atomic E-state index is -0.889. The van der Waals surface area contributed by atoms with Gasteiger partial charge in [0, 0.05) is 18.4 Å². The third kappa shape index (κ3) is 4.09. The molecule has 2 aromatic rings. The summed E-state index contributed by atoms with van der Waals surface area (Å²) in [5.74, 6) is -0.259. The molecule has 2 heterocycles. The Balaban J connectivity index is 1.54. The molecule has 0 radical (unpaired) electrons. The van der Waals surface area contributed by atoms with Crippen molar-refractivity contribution >= 4 is 18.0 Å². The van der Waals surface area contributed by atoms with E-state index < -0.39 is 35.8 Å². The second kappa shape index (κ2) is 9.25. The number of hydrogen-bond donors (Lipinski definition) is 2. The maximum atomic E-state index is 13.1. The summed E-state index contributed by atoms with van der Waals surface area (Å²) in [6, 6.07) is 19.3. The van der Waals surface area contributed by atoms with Gasteiger partial charge in [-0.1, -0.05) is 67.6 Å². The molecule has 2 bridgehead atoms. The Labute approximate surface area is 206 Å². The van der Waals surface area contributed by atoms with Crippen LogP contribution in [0.4, 0.5) is 0 Å². The second-order valence-electron chi connectivity index (χ2n) is 10.4. The molecule has 3 aliphatic rings. The molecule has 2 aromatic carbocycles. The number of carbonyl (C=O) groups excluding carboxylic acids is 2. The lowest BCUT2D eigenvalue weighted by Gasteiger charge is -2.51. The topological polar surface area (TPSA) is 84.9 Å². The molecular weight excluding hydrogens is 442 g/mol. The third-order valence-corrected chi connectivity index (χ3v) is 8.40. The molecule has 184 valence electrons. The minimum Gasteiger partial charge on any atom is -0.455 e. The molecule has 6 nitrogen and oxygen atoms in total. The van der Waals surface area contributed by atoms with Crippen LogP contribution in [0.25, 0.3) is 6.08 Å². The Bertz CT molecular complexity index is 1100. The lowest BCUT2D eigenvalue weighted by molar-refractivity contribution is -0.251. The SMILES string of the molecule is CC1CCC2C1C(OC(=O)/C=C/c1ccccc1)C1(c3ccccc3)CC(NC(=O)CO)C2(C)O1. The highest BCUT2D eigenvalue weighted by Crippen LogP contribution is 2.63. The molecule has 1 aliphatic carbocycles. The number of amides is 1. The molecule has 2 saturated heterocycles. The maximum Gasteiger partial charge on any atom is 0.331 e. The first-order chi connectivity index (χ1) is 16.9. The quantitative estimate of drug-likeness (QED) is 0.490. The summed E-state index contributed by atoms with van der Waals surface area (Å²) in [6.45, 7) is 3.72. The van der Waals surface area contributed by atoms with Crippen LogP contribution in [0.1, 0.15) is 44.2 Å². The highest BCUT2D eigenvalue weighted by molar-refractivity contribution is 5.87. The van der Waals surface area contributed by atoms with Crippen molar-refractivity contribution in [3.63, 3.8) is 0 Å². The Morgan fingerprint density at radius 3 is 2.49 bits per heavy atom. The molecule has 3 fully saturated rings. The summed E-state index contributed by atoms with van der Waals surface area (Å²) in [6.07, 6.45) is 5.17. The van der Waals surface area contributed by atoms with Gasteiger partial charge < -0.3 is 19.9 Å². The lowest BCUT2D eigenvalue weighted by Crippen LogP contribution is -2.60. The number of aliphatic hydroxyl groups is 1. The van der Waals surface area contributed by atoms with Gasteiger partial charge in [0.1, 0.15) is 18.3 Å². The van der Waals surface area contributed by atoms with E-state index in [9.17, 15) is 14.7 Å². The largest absolute Gasteiger partial charge is 0.455 e. The molecule has 7 atom stereocenters. The second-order valence-corrected chi connectivity index (χ2v) is 10.4. The molecule has 1 amide bonds. The van der Waals surface area contributed by atoms with E-state index in [-0.39, 0.29) is 17.9 Å². The highest BCUT2D eigenvalue weighted by Gasteiger charge is 2.71. The van der Waals surface area contributed by atoms with Crippen LogP contribution in [0.2, 0.25) is 0 Å². The number of benzene rings is 2. The van der Waals surface area contributed by atoms with Crippen LogP contribution < -0.4 is 5.32 Å². The molecule has 1 saturated carbocycles. The van der Waals surface area contributed by atoms with Crippen molar-refractivity contribution in [2.75, 3.05) is 6.61 Å². The van der Waals surface area contributed by atoms with E-state index in [0.717, 1.165) is 24.0 Å². The summed E-state index contributed by atoms with van der Waals surface area (Å²) in [4.78, 5) is 25.4. The average Bonchev–Trinajstić information content (AvgIpc) is 3.39. The fourth-order valence-electron chi connectivity index (χ4n) is 6.79. The summed E-state index contributed by atoms with van der Waals surface area (Å²) < 4.78 is 13.3. The molecule has 2 aliphatic heterocycles. The first-order valence-electron chi connectivity index (χ1n) is 12.5. The minimum absolute atomic E-state index is 0.0964. The first-order valence-corrected chi connectivity index (χ1v) is 12.5. The number of aliphatic hydroxyl groups excluding tert-OH is 1. The molecule has 5 rings (SSSR count). The Morgan fingerprint density at radius 1 is 1.11 bits per heavy atom. The zero-order valence-corrected chi connectivity index (χ0v) is 20.2. The number of fused-ring (bicyclic) bond motifs is 4. The Morgan fingerprint density at radius 2 is 1.80 bits per heavy atom. The highest BCUT2D eigenvalue weighted by atomic mass is 16.6. The van der Waals surface area contributed by atoms with Crippen LogP contribution in [0.3, 0.4) is 0 Å². The van der Waals surface area contributed by atoms with Gasteiger partial charge in [-0.25, -0.2) is 4.79 Å². The number of nitrogens with one attached hydrogen (secondary N) is 1. The van der Waals surface area contributed by atoms with Crippen molar-refractivity contribution in [1.29, 1.82) is 0 Å². The number of rotatable bonds is 6. The van der Waals surface area contributed by atoms with Crippen molar-refractivity contribution < 1.29 is 24.2 Å². The molecule has 0 spiro atoms. The fourth-order valence-corrected chi connectivity index (χ4v) is 6.79. The normalized spacial score (nSPS) is 35.6. The number of esters is 1. The van der Waals surface area contributed by atoms with Crippen LogP contribution in [0.15, 0.2) is 66.7 Å². The van der Waals surface area contributed by atoms with E-state index in [0.29, 0.717) is 12.3 Å². The summed E-state index contributed by atoms with van der Waals surface area (Å²) >= 11 is 0. The molecule has 0 aromatic heterocycles. The molecule has 7 unspecified atom stereocenters. The fraction of sp³-hybridized carbons (Fsp3) is 0.448. The summed E-state index contributed by atoms with van der Waals surface area (Å²) in [7, 11) is 0. The van der Waals surface area contributed by atoms with E-state index in [1.807, 2.05) is 60.7 Å². The number of ether oxygens (including phenoxy) is 2. The zero-order chi connectivity index (χ0) is 24.6. The monoisotopic (exact) mass is 475 g/mol. The maximum absolute atomic E-state index is 13.1. The van der Waals surface area contributed by atoms with Gasteiger partial charge in [0.05, 0.1) is 11.6 Å². The van der Waals surface area contributed by atoms with Gasteiger partial charge in [0.2, 0.25) is 5.91 Å². The van der Waals surface area contributed by atoms with Gasteiger partial charge >= 0.3 is 5.97 Å². The lowest BCUT2D eigenvalue weighted by atomic mass is 9.70. The van der Waals surface area contributed by atoms with E-state index >= 15 is 0 Å². The van der Waals surface area contributed by atoms with Gasteiger partial charge in [0.25, 0.3) is 0 Å². The van der Waals surface area contributed by atoms with E-state index in [1.165, 1.54) is 6.08 Å². The van der Waals surface area contributed by atoms with Crippen molar-refractivity contribution in [3.05, 3.63) is 77.9 Å². The van der Waals surface area contributed by atoms with Crippen molar-refractivity contribution in [3.8, 4) is 0 Å². The predicted molar refractivity (Wildman–Crippen MR) is 132 cm³/mol. The summed E-state index contributed by atoms with van der Waals surface area (Å²) in [5, 5.41) is 12.4. The van der Waals surface area contributed by atoms with Crippen molar-refractivity contribution in [2.45, 2.75) is 56.5 Å². The van der Waals surface area contributed by atoms with E-state index in [4.69, 9.17) is 9.47 Å². The van der Waals surface area contributed by atoms with Crippen molar-refractivity contribution in [1.82, 2.24) is 5.32 Å². The molecule has 2 N–H and O–H groups in total. The number of carbonyl (C=O) groups is 2. The van der Waals surface area contributed by atoms with Crippen LogP contribution in [0, 0.1) is 17.8 Å². The van der Waals surface area contributed by atoms with Gasteiger partial charge in [-0.15, -0.1) is 0 Å². The predicted octanol–water partition coefficient (Wildman–Crippen LogP) is 3.84. The Kier molecular flexibility index (Phi) is 6.28. The zero-order valence-electron chi connectivity index (χ0n) is 20.2. The van der Waals surface area contributed by atoms with E-state index in [2.05, 4.69) is 19.2 Å². The van der Waals surface area contributed by atoms with Gasteiger partial charge in [-0.05, 0) is 48.8 Å². The van der Waals surface area contributed by atoms with Gasteiger partial charge in [0.15, 0.2) is 0 Å². The smallest absolute Gasteiger partial charge is 0.331 e. The molecule has 35 heavy (non-hydrogen) atoms. The van der Waals surface area contributed by atoms with Crippen LogP contribution in [-0.4, -0.2) is 41.3 Å². The molecule has 6 heteroatoms. The van der Waals surface area contributed by atoms with Gasteiger partial charge in [-0.3, -0.25) is 4.79 Å². The average molecular weight is 476 g/mol. The van der Waals surface area contributed by atoms with Crippen LogP contribution in [0.5, 0.6) is 0 Å². The molecular formula is C29H33NO5.